The van der Waals surface area contributed by atoms with Crippen molar-refractivity contribution in [2.24, 2.45) is 0 Å². The molecule has 2 rings (SSSR count). The fraction of sp³-hybridized carbons (Fsp3) is 0.176. The van der Waals surface area contributed by atoms with Gasteiger partial charge in [-0.05, 0) is 35.7 Å². The van der Waals surface area contributed by atoms with E-state index in [1.807, 2.05) is 37.3 Å². The van der Waals surface area contributed by atoms with Crippen LogP contribution in [0.4, 0.5) is 4.39 Å². The summed E-state index contributed by atoms with van der Waals surface area (Å²) in [5.74, 6) is -1.14. The number of carbonyl (C=O) groups is 2. The molecule has 0 spiro atoms. The average Bonchev–Trinajstić information content (AvgIpc) is 2.54. The van der Waals surface area contributed by atoms with Crippen molar-refractivity contribution in [3.8, 4) is 0 Å². The molecule has 5 heteroatoms. The van der Waals surface area contributed by atoms with E-state index in [-0.39, 0.29) is 23.8 Å². The van der Waals surface area contributed by atoms with Crippen LogP contribution in [0.2, 0.25) is 0 Å². The molecular formula is C17H17FN2O2. The number of hydrazine groups is 1. The quantitative estimate of drug-likeness (QED) is 0.853. The van der Waals surface area contributed by atoms with Gasteiger partial charge in [0.1, 0.15) is 5.82 Å². The predicted molar refractivity (Wildman–Crippen MR) is 81.5 cm³/mol. The molecule has 2 aromatic carbocycles. The van der Waals surface area contributed by atoms with E-state index < -0.39 is 11.7 Å². The van der Waals surface area contributed by atoms with Gasteiger partial charge in [0.2, 0.25) is 5.91 Å². The molecule has 0 aromatic heterocycles. The zero-order valence-corrected chi connectivity index (χ0v) is 12.2. The highest BCUT2D eigenvalue weighted by atomic mass is 19.1. The number of hydrogen-bond donors (Lipinski definition) is 2. The normalized spacial score (nSPS) is 11.5. The first-order chi connectivity index (χ1) is 10.6. The van der Waals surface area contributed by atoms with Crippen LogP contribution in [0.25, 0.3) is 0 Å². The van der Waals surface area contributed by atoms with Gasteiger partial charge in [-0.15, -0.1) is 0 Å². The minimum atomic E-state index is -0.485. The fourth-order valence-electron chi connectivity index (χ4n) is 2.03. The van der Waals surface area contributed by atoms with E-state index in [1.54, 1.807) is 0 Å². The summed E-state index contributed by atoms with van der Waals surface area (Å²) in [5.41, 5.74) is 6.01. The zero-order chi connectivity index (χ0) is 15.9. The Morgan fingerprint density at radius 1 is 1.00 bits per heavy atom. The van der Waals surface area contributed by atoms with Gasteiger partial charge < -0.3 is 0 Å². The lowest BCUT2D eigenvalue weighted by atomic mass is 9.98. The minimum Gasteiger partial charge on any atom is -0.273 e. The fourth-order valence-corrected chi connectivity index (χ4v) is 2.03. The summed E-state index contributed by atoms with van der Waals surface area (Å²) in [6, 6.07) is 14.7. The SMILES string of the molecule is C[C@@H](CC(=O)NNC(=O)c1ccc(F)cc1)c1ccccc1. The number of halogens is 1. The Morgan fingerprint density at radius 3 is 2.27 bits per heavy atom. The third kappa shape index (κ3) is 4.41. The number of amides is 2. The van der Waals surface area contributed by atoms with Gasteiger partial charge in [-0.1, -0.05) is 37.3 Å². The molecule has 0 heterocycles. The molecule has 0 radical (unpaired) electrons. The summed E-state index contributed by atoms with van der Waals surface area (Å²) in [7, 11) is 0. The van der Waals surface area contributed by atoms with Crippen molar-refractivity contribution in [1.82, 2.24) is 10.9 Å². The first kappa shape index (κ1) is 15.7. The summed E-state index contributed by atoms with van der Waals surface area (Å²) in [6.07, 6.45) is 0.258. The van der Waals surface area contributed by atoms with Crippen LogP contribution in [-0.2, 0) is 4.79 Å². The van der Waals surface area contributed by atoms with Crippen LogP contribution in [0.3, 0.4) is 0 Å². The van der Waals surface area contributed by atoms with E-state index in [9.17, 15) is 14.0 Å². The van der Waals surface area contributed by atoms with Gasteiger partial charge in [-0.3, -0.25) is 20.4 Å². The third-order valence-corrected chi connectivity index (χ3v) is 3.28. The summed E-state index contributed by atoms with van der Waals surface area (Å²) in [6.45, 7) is 1.94. The Balaban J connectivity index is 1.82. The molecule has 0 aliphatic carbocycles. The second-order valence-corrected chi connectivity index (χ2v) is 5.03. The predicted octanol–water partition coefficient (Wildman–Crippen LogP) is 2.78. The van der Waals surface area contributed by atoms with Gasteiger partial charge in [0.25, 0.3) is 5.91 Å². The van der Waals surface area contributed by atoms with Gasteiger partial charge in [-0.2, -0.15) is 0 Å². The minimum absolute atomic E-state index is 0.0453. The molecule has 0 fully saturated rings. The van der Waals surface area contributed by atoms with E-state index in [2.05, 4.69) is 10.9 Å². The van der Waals surface area contributed by atoms with Crippen LogP contribution >= 0.6 is 0 Å². The molecule has 114 valence electrons. The van der Waals surface area contributed by atoms with Crippen LogP contribution in [-0.4, -0.2) is 11.8 Å². The highest BCUT2D eigenvalue weighted by molar-refractivity contribution is 5.95. The first-order valence-corrected chi connectivity index (χ1v) is 6.96. The number of rotatable bonds is 4. The Morgan fingerprint density at radius 2 is 1.64 bits per heavy atom. The van der Waals surface area contributed by atoms with Gasteiger partial charge >= 0.3 is 0 Å². The highest BCUT2D eigenvalue weighted by Gasteiger charge is 2.12. The molecule has 22 heavy (non-hydrogen) atoms. The summed E-state index contributed by atoms with van der Waals surface area (Å²) < 4.78 is 12.8. The number of nitrogens with one attached hydrogen (secondary N) is 2. The first-order valence-electron chi connectivity index (χ1n) is 6.96. The summed E-state index contributed by atoms with van der Waals surface area (Å²) in [4.78, 5) is 23.6. The van der Waals surface area contributed by atoms with Crippen molar-refractivity contribution in [3.05, 3.63) is 71.5 Å². The van der Waals surface area contributed by atoms with Crippen molar-refractivity contribution in [2.75, 3.05) is 0 Å². The second kappa shape index (κ2) is 7.36. The maximum Gasteiger partial charge on any atom is 0.269 e. The molecule has 0 aliphatic rings. The Hall–Kier alpha value is -2.69. The molecule has 0 bridgehead atoms. The van der Waals surface area contributed by atoms with Gasteiger partial charge in [-0.25, -0.2) is 4.39 Å². The smallest absolute Gasteiger partial charge is 0.269 e. The van der Waals surface area contributed by atoms with Gasteiger partial charge in [0, 0.05) is 12.0 Å². The third-order valence-electron chi connectivity index (χ3n) is 3.28. The average molecular weight is 300 g/mol. The Kier molecular flexibility index (Phi) is 5.25. The molecule has 0 saturated heterocycles. The van der Waals surface area contributed by atoms with Crippen LogP contribution in [0, 0.1) is 5.82 Å². The lowest BCUT2D eigenvalue weighted by Crippen LogP contribution is -2.41. The largest absolute Gasteiger partial charge is 0.273 e. The van der Waals surface area contributed by atoms with Crippen molar-refractivity contribution >= 4 is 11.8 Å². The van der Waals surface area contributed by atoms with E-state index in [0.29, 0.717) is 0 Å². The molecule has 2 amide bonds. The molecule has 0 saturated carbocycles. The Labute approximate surface area is 128 Å². The van der Waals surface area contributed by atoms with Crippen molar-refractivity contribution in [3.63, 3.8) is 0 Å². The standard InChI is InChI=1S/C17H17FN2O2/c1-12(13-5-3-2-4-6-13)11-16(21)19-20-17(22)14-7-9-15(18)10-8-14/h2-10,12H,11H2,1H3,(H,19,21)(H,20,22)/t12-/m0/s1. The molecule has 2 N–H and O–H groups in total. The van der Waals surface area contributed by atoms with Crippen LogP contribution < -0.4 is 10.9 Å². The maximum absolute atomic E-state index is 12.8. The zero-order valence-electron chi connectivity index (χ0n) is 12.2. The van der Waals surface area contributed by atoms with Crippen LogP contribution in [0.15, 0.2) is 54.6 Å². The van der Waals surface area contributed by atoms with Crippen molar-refractivity contribution in [1.29, 1.82) is 0 Å². The maximum atomic E-state index is 12.8. The lowest BCUT2D eigenvalue weighted by molar-refractivity contribution is -0.122. The summed E-state index contributed by atoms with van der Waals surface area (Å²) >= 11 is 0. The lowest BCUT2D eigenvalue weighted by Gasteiger charge is -2.12. The number of carbonyl (C=O) groups excluding carboxylic acids is 2. The van der Waals surface area contributed by atoms with Crippen LogP contribution in [0.5, 0.6) is 0 Å². The van der Waals surface area contributed by atoms with Crippen molar-refractivity contribution in [2.45, 2.75) is 19.3 Å². The molecular weight excluding hydrogens is 283 g/mol. The number of benzene rings is 2. The van der Waals surface area contributed by atoms with Gasteiger partial charge in [0.15, 0.2) is 0 Å². The molecule has 0 aliphatic heterocycles. The molecule has 4 nitrogen and oxygen atoms in total. The number of hydrogen-bond acceptors (Lipinski definition) is 2. The molecule has 2 aromatic rings. The monoisotopic (exact) mass is 300 g/mol. The topological polar surface area (TPSA) is 58.2 Å². The Bertz CT molecular complexity index is 641. The van der Waals surface area contributed by atoms with Gasteiger partial charge in [0.05, 0.1) is 0 Å². The van der Waals surface area contributed by atoms with E-state index in [0.717, 1.165) is 5.56 Å². The van der Waals surface area contributed by atoms with E-state index in [4.69, 9.17) is 0 Å². The second-order valence-electron chi connectivity index (χ2n) is 5.03. The van der Waals surface area contributed by atoms with Crippen molar-refractivity contribution < 1.29 is 14.0 Å². The molecule has 1 atom stereocenters. The highest BCUT2D eigenvalue weighted by Crippen LogP contribution is 2.17. The summed E-state index contributed by atoms with van der Waals surface area (Å²) in [5, 5.41) is 0. The van der Waals surface area contributed by atoms with Crippen LogP contribution in [0.1, 0.15) is 35.2 Å². The van der Waals surface area contributed by atoms with E-state index in [1.165, 1.54) is 24.3 Å². The molecule has 0 unspecified atom stereocenters. The van der Waals surface area contributed by atoms with E-state index >= 15 is 0 Å².